The number of furan rings is 1. The van der Waals surface area contributed by atoms with Crippen LogP contribution >= 0.6 is 0 Å². The molecular formula is C15H16N2O3S. The van der Waals surface area contributed by atoms with E-state index in [1.165, 1.54) is 0 Å². The summed E-state index contributed by atoms with van der Waals surface area (Å²) < 4.78 is 32.6. The third kappa shape index (κ3) is 2.78. The molecule has 0 aliphatic carbocycles. The molecule has 6 heteroatoms. The van der Waals surface area contributed by atoms with E-state index in [0.29, 0.717) is 16.9 Å². The van der Waals surface area contributed by atoms with Crippen molar-refractivity contribution >= 4 is 15.9 Å². The molecule has 5 nitrogen and oxygen atoms in total. The number of aryl methyl sites for hydroxylation is 3. The van der Waals surface area contributed by atoms with Gasteiger partial charge in [-0.05, 0) is 39.3 Å². The molecule has 0 amide bonds. The Bertz CT molecular complexity index is 843. The van der Waals surface area contributed by atoms with E-state index < -0.39 is 10.0 Å². The Hall–Kier alpha value is -2.26. The van der Waals surface area contributed by atoms with Crippen LogP contribution in [0.3, 0.4) is 0 Å². The van der Waals surface area contributed by atoms with Crippen molar-refractivity contribution in [2.75, 3.05) is 4.72 Å². The third-order valence-corrected chi connectivity index (χ3v) is 4.84. The lowest BCUT2D eigenvalue weighted by Crippen LogP contribution is -2.14. The Kier molecular flexibility index (Phi) is 3.79. The predicted octanol–water partition coefficient (Wildman–Crippen LogP) is 3.19. The van der Waals surface area contributed by atoms with E-state index in [0.717, 1.165) is 5.56 Å². The lowest BCUT2D eigenvalue weighted by atomic mass is 10.2. The van der Waals surface area contributed by atoms with E-state index in [1.807, 2.05) is 13.0 Å². The van der Waals surface area contributed by atoms with Crippen LogP contribution in [0.4, 0.5) is 5.88 Å². The molecule has 1 heterocycles. The van der Waals surface area contributed by atoms with Crippen LogP contribution in [-0.4, -0.2) is 8.42 Å². The van der Waals surface area contributed by atoms with Gasteiger partial charge in [-0.3, -0.25) is 0 Å². The fourth-order valence-corrected chi connectivity index (χ4v) is 3.34. The summed E-state index contributed by atoms with van der Waals surface area (Å²) in [5, 5.41) is 9.13. The number of hydrogen-bond donors (Lipinski definition) is 1. The molecule has 1 aromatic carbocycles. The molecule has 1 aromatic heterocycles. The minimum Gasteiger partial charge on any atom is -0.443 e. The number of nitrogens with one attached hydrogen (secondary N) is 1. The van der Waals surface area contributed by atoms with Gasteiger partial charge in [0.05, 0.1) is 4.90 Å². The lowest BCUT2D eigenvalue weighted by Gasteiger charge is -2.09. The Morgan fingerprint density at radius 3 is 2.43 bits per heavy atom. The Morgan fingerprint density at radius 2 is 1.86 bits per heavy atom. The van der Waals surface area contributed by atoms with E-state index in [4.69, 9.17) is 9.68 Å². The molecule has 0 aliphatic heterocycles. The van der Waals surface area contributed by atoms with Crippen LogP contribution in [0.1, 0.15) is 28.0 Å². The summed E-state index contributed by atoms with van der Waals surface area (Å²) in [5.74, 6) is 0.484. The quantitative estimate of drug-likeness (QED) is 0.944. The van der Waals surface area contributed by atoms with Crippen molar-refractivity contribution in [1.29, 1.82) is 5.26 Å². The number of benzene rings is 1. The van der Waals surface area contributed by atoms with Gasteiger partial charge < -0.3 is 4.42 Å². The van der Waals surface area contributed by atoms with Crippen LogP contribution in [0.15, 0.2) is 27.5 Å². The minimum absolute atomic E-state index is 0.0347. The van der Waals surface area contributed by atoms with Crippen LogP contribution in [-0.2, 0) is 10.0 Å². The minimum atomic E-state index is -3.79. The monoisotopic (exact) mass is 304 g/mol. The zero-order valence-corrected chi connectivity index (χ0v) is 13.1. The summed E-state index contributed by atoms with van der Waals surface area (Å²) >= 11 is 0. The molecule has 0 aliphatic rings. The van der Waals surface area contributed by atoms with Crippen LogP contribution in [0.5, 0.6) is 0 Å². The van der Waals surface area contributed by atoms with Gasteiger partial charge in [-0.1, -0.05) is 17.7 Å². The SMILES string of the molecule is Cc1ccc(S(=O)(=O)Nc2oc(C)c(C)c2C#N)c(C)c1. The standard InChI is InChI=1S/C15H16N2O3S/c1-9-5-6-14(10(2)7-9)21(18,19)17-15-13(8-16)11(3)12(4)20-15/h5-7,17H,1-4H3. The summed E-state index contributed by atoms with van der Waals surface area (Å²) in [5.41, 5.74) is 2.46. The van der Waals surface area contributed by atoms with Gasteiger partial charge in [-0.15, -0.1) is 0 Å². The average Bonchev–Trinajstić information content (AvgIpc) is 2.63. The number of nitriles is 1. The summed E-state index contributed by atoms with van der Waals surface area (Å²) in [6.07, 6.45) is 0. The first kappa shape index (κ1) is 15.1. The van der Waals surface area contributed by atoms with Crippen LogP contribution in [0.25, 0.3) is 0 Å². The Balaban J connectivity index is 2.48. The van der Waals surface area contributed by atoms with Crippen molar-refractivity contribution in [3.63, 3.8) is 0 Å². The summed E-state index contributed by atoms with van der Waals surface area (Å²) in [6.45, 7) is 7.02. The van der Waals surface area contributed by atoms with Crippen LogP contribution in [0, 0.1) is 39.0 Å². The van der Waals surface area contributed by atoms with E-state index in [2.05, 4.69) is 4.72 Å². The van der Waals surface area contributed by atoms with Gasteiger partial charge in [0.1, 0.15) is 17.4 Å². The van der Waals surface area contributed by atoms with Gasteiger partial charge in [0, 0.05) is 5.56 Å². The van der Waals surface area contributed by atoms with Gasteiger partial charge >= 0.3 is 0 Å². The molecule has 0 radical (unpaired) electrons. The maximum atomic E-state index is 12.4. The molecular weight excluding hydrogens is 288 g/mol. The molecule has 0 saturated carbocycles. The van der Waals surface area contributed by atoms with E-state index in [1.54, 1.807) is 39.0 Å². The van der Waals surface area contributed by atoms with Gasteiger partial charge in [-0.25, -0.2) is 13.1 Å². The molecule has 1 N–H and O–H groups in total. The van der Waals surface area contributed by atoms with E-state index in [9.17, 15) is 8.42 Å². The average molecular weight is 304 g/mol. The van der Waals surface area contributed by atoms with Crippen molar-refractivity contribution in [1.82, 2.24) is 0 Å². The lowest BCUT2D eigenvalue weighted by molar-refractivity contribution is 0.545. The number of hydrogen-bond acceptors (Lipinski definition) is 4. The smallest absolute Gasteiger partial charge is 0.264 e. The van der Waals surface area contributed by atoms with Gasteiger partial charge in [-0.2, -0.15) is 5.26 Å². The molecule has 0 unspecified atom stereocenters. The first-order valence-electron chi connectivity index (χ1n) is 6.36. The highest BCUT2D eigenvalue weighted by Crippen LogP contribution is 2.28. The molecule has 0 spiro atoms. The van der Waals surface area contributed by atoms with Crippen molar-refractivity contribution in [3.8, 4) is 6.07 Å². The summed E-state index contributed by atoms with van der Waals surface area (Å²) in [6, 6.07) is 7.02. The molecule has 110 valence electrons. The number of anilines is 1. The fourth-order valence-electron chi connectivity index (χ4n) is 2.11. The van der Waals surface area contributed by atoms with Crippen LogP contribution < -0.4 is 4.72 Å². The molecule has 0 bridgehead atoms. The second-order valence-electron chi connectivity index (χ2n) is 4.97. The number of nitrogens with zero attached hydrogens (tertiary/aromatic N) is 1. The second-order valence-corrected chi connectivity index (χ2v) is 6.62. The molecule has 2 rings (SSSR count). The first-order valence-corrected chi connectivity index (χ1v) is 7.84. The topological polar surface area (TPSA) is 83.1 Å². The van der Waals surface area contributed by atoms with E-state index in [-0.39, 0.29) is 16.3 Å². The normalized spacial score (nSPS) is 11.2. The maximum Gasteiger partial charge on any atom is 0.264 e. The third-order valence-electron chi connectivity index (χ3n) is 3.34. The largest absolute Gasteiger partial charge is 0.443 e. The zero-order valence-electron chi connectivity index (χ0n) is 12.3. The summed E-state index contributed by atoms with van der Waals surface area (Å²) in [4.78, 5) is 0.170. The Labute approximate surface area is 124 Å². The van der Waals surface area contributed by atoms with Crippen molar-refractivity contribution in [2.24, 2.45) is 0 Å². The summed E-state index contributed by atoms with van der Waals surface area (Å²) in [7, 11) is -3.79. The second kappa shape index (κ2) is 5.26. The number of sulfonamides is 1. The predicted molar refractivity (Wildman–Crippen MR) is 79.6 cm³/mol. The van der Waals surface area contributed by atoms with E-state index >= 15 is 0 Å². The van der Waals surface area contributed by atoms with Crippen molar-refractivity contribution in [2.45, 2.75) is 32.6 Å². The van der Waals surface area contributed by atoms with Crippen molar-refractivity contribution < 1.29 is 12.8 Å². The Morgan fingerprint density at radius 1 is 1.19 bits per heavy atom. The van der Waals surface area contributed by atoms with Crippen molar-refractivity contribution in [3.05, 3.63) is 46.2 Å². The van der Waals surface area contributed by atoms with Gasteiger partial charge in [0.25, 0.3) is 10.0 Å². The highest BCUT2D eigenvalue weighted by Gasteiger charge is 2.22. The highest BCUT2D eigenvalue weighted by molar-refractivity contribution is 7.92. The first-order chi connectivity index (χ1) is 9.76. The molecule has 0 fully saturated rings. The molecule has 0 atom stereocenters. The maximum absolute atomic E-state index is 12.4. The van der Waals surface area contributed by atoms with Gasteiger partial charge in [0.15, 0.2) is 0 Å². The zero-order chi connectivity index (χ0) is 15.8. The van der Waals surface area contributed by atoms with Gasteiger partial charge in [0.2, 0.25) is 5.88 Å². The van der Waals surface area contributed by atoms with Crippen LogP contribution in [0.2, 0.25) is 0 Å². The fraction of sp³-hybridized carbons (Fsp3) is 0.267. The number of rotatable bonds is 3. The molecule has 21 heavy (non-hydrogen) atoms. The molecule has 0 saturated heterocycles. The molecule has 2 aromatic rings. The highest BCUT2D eigenvalue weighted by atomic mass is 32.2.